The molecule has 0 spiro atoms. The van der Waals surface area contributed by atoms with Gasteiger partial charge in [-0.2, -0.15) is 0 Å². The second kappa shape index (κ2) is 8.54. The first kappa shape index (κ1) is 24.1. The molecule has 5 heteroatoms. The zero-order valence-corrected chi connectivity index (χ0v) is 21.3. The smallest absolute Gasteiger partial charge is 0.160 e. The number of rotatable bonds is 6. The van der Waals surface area contributed by atoms with Crippen molar-refractivity contribution < 1.29 is 19.3 Å². The van der Waals surface area contributed by atoms with E-state index in [4.69, 9.17) is 14.2 Å². The maximum absolute atomic E-state index is 10.9. The zero-order valence-electron chi connectivity index (χ0n) is 20.3. The Morgan fingerprint density at radius 3 is 1.83 bits per heavy atom. The monoisotopic (exact) mass is 430 g/mol. The van der Waals surface area contributed by atoms with Crippen LogP contribution in [-0.4, -0.2) is 33.6 Å². The van der Waals surface area contributed by atoms with Crippen LogP contribution in [0.3, 0.4) is 0 Å². The van der Waals surface area contributed by atoms with Crippen LogP contribution in [0.15, 0.2) is 30.3 Å². The Kier molecular flexibility index (Phi) is 6.87. The van der Waals surface area contributed by atoms with Crippen molar-refractivity contribution in [3.05, 3.63) is 41.5 Å². The number of ether oxygens (including phenoxy) is 3. The van der Waals surface area contributed by atoms with E-state index in [1.807, 2.05) is 24.3 Å². The number of methoxy groups -OCH3 is 2. The molecule has 0 saturated carbocycles. The van der Waals surface area contributed by atoms with Crippen LogP contribution in [0.5, 0.6) is 23.0 Å². The molecule has 0 heterocycles. The minimum absolute atomic E-state index is 0.188. The molecule has 0 aliphatic heterocycles. The molecule has 1 N–H and O–H groups in total. The van der Waals surface area contributed by atoms with Crippen LogP contribution in [0.25, 0.3) is 0 Å². The average Bonchev–Trinajstić information content (AvgIpc) is 2.64. The van der Waals surface area contributed by atoms with Crippen molar-refractivity contribution in [3.63, 3.8) is 0 Å². The van der Waals surface area contributed by atoms with Crippen LogP contribution in [0.1, 0.15) is 52.7 Å². The molecule has 2 aromatic rings. The van der Waals surface area contributed by atoms with E-state index in [0.717, 1.165) is 33.6 Å². The fourth-order valence-corrected chi connectivity index (χ4v) is 5.67. The Hall–Kier alpha value is -2.14. The molecular weight excluding hydrogens is 392 g/mol. The highest BCUT2D eigenvalue weighted by atomic mass is 28.3. The number of para-hydroxylation sites is 1. The van der Waals surface area contributed by atoms with E-state index < -0.39 is 8.07 Å². The topological polar surface area (TPSA) is 47.9 Å². The van der Waals surface area contributed by atoms with Crippen LogP contribution in [0, 0.1) is 0 Å². The van der Waals surface area contributed by atoms with Crippen LogP contribution in [0.4, 0.5) is 0 Å². The summed E-state index contributed by atoms with van der Waals surface area (Å²) in [6.45, 7) is 17.2. The highest BCUT2D eigenvalue weighted by Crippen LogP contribution is 2.41. The summed E-state index contributed by atoms with van der Waals surface area (Å²) >= 11 is 0. The van der Waals surface area contributed by atoms with Gasteiger partial charge >= 0.3 is 0 Å². The third kappa shape index (κ3) is 5.12. The summed E-state index contributed by atoms with van der Waals surface area (Å²) in [6.07, 6.45) is 0.592. The Morgan fingerprint density at radius 1 is 0.867 bits per heavy atom. The number of phenols is 1. The number of benzene rings is 2. The molecule has 2 rings (SSSR count). The molecule has 0 bridgehead atoms. The van der Waals surface area contributed by atoms with Crippen LogP contribution < -0.4 is 19.4 Å². The van der Waals surface area contributed by atoms with Gasteiger partial charge in [0.25, 0.3) is 0 Å². The van der Waals surface area contributed by atoms with Crippen molar-refractivity contribution in [1.82, 2.24) is 0 Å². The van der Waals surface area contributed by atoms with Crippen molar-refractivity contribution in [1.29, 1.82) is 0 Å². The van der Waals surface area contributed by atoms with Gasteiger partial charge in [-0.05, 0) is 34.2 Å². The van der Waals surface area contributed by atoms with Gasteiger partial charge in [0.15, 0.2) is 11.5 Å². The van der Waals surface area contributed by atoms with Gasteiger partial charge in [0, 0.05) is 11.1 Å². The van der Waals surface area contributed by atoms with E-state index in [0.29, 0.717) is 12.0 Å². The summed E-state index contributed by atoms with van der Waals surface area (Å²) < 4.78 is 17.5. The fraction of sp³-hybridized carbons (Fsp3) is 0.520. The van der Waals surface area contributed by atoms with Crippen LogP contribution in [0.2, 0.25) is 13.1 Å². The first-order chi connectivity index (χ1) is 13.7. The minimum atomic E-state index is -2.01. The van der Waals surface area contributed by atoms with Gasteiger partial charge in [0.1, 0.15) is 19.6 Å². The fourth-order valence-electron chi connectivity index (χ4n) is 3.60. The summed E-state index contributed by atoms with van der Waals surface area (Å²) in [5, 5.41) is 12.1. The molecule has 166 valence electrons. The van der Waals surface area contributed by atoms with E-state index in [1.165, 1.54) is 0 Å². The second-order valence-corrected chi connectivity index (χ2v) is 15.2. The van der Waals surface area contributed by atoms with Gasteiger partial charge in [-0.25, -0.2) is 0 Å². The van der Waals surface area contributed by atoms with Crippen molar-refractivity contribution in [2.75, 3.05) is 20.4 Å². The van der Waals surface area contributed by atoms with Crippen molar-refractivity contribution in [2.24, 2.45) is 0 Å². The predicted octanol–water partition coefficient (Wildman–Crippen LogP) is 5.54. The standard InChI is InChI=1S/C25H38O4Si/c1-24(2,3)18-14-17(15-19(22(18)26)25(4,5)6)29-16-30(9,10)21-13-11-12-20(27-7)23(21)28-8/h11-15,26H,16H2,1-10H3. The van der Waals surface area contributed by atoms with E-state index in [9.17, 15) is 5.11 Å². The molecule has 0 unspecified atom stereocenters. The highest BCUT2D eigenvalue weighted by molar-refractivity contribution is 6.90. The maximum Gasteiger partial charge on any atom is 0.160 e. The summed E-state index contributed by atoms with van der Waals surface area (Å²) in [5.74, 6) is 2.69. The lowest BCUT2D eigenvalue weighted by atomic mass is 9.79. The van der Waals surface area contributed by atoms with Gasteiger partial charge in [0.2, 0.25) is 0 Å². The van der Waals surface area contributed by atoms with Crippen molar-refractivity contribution >= 4 is 13.3 Å². The lowest BCUT2D eigenvalue weighted by Gasteiger charge is -2.29. The minimum Gasteiger partial charge on any atom is -0.507 e. The zero-order chi connectivity index (χ0) is 22.9. The highest BCUT2D eigenvalue weighted by Gasteiger charge is 2.31. The predicted molar refractivity (Wildman–Crippen MR) is 128 cm³/mol. The molecule has 2 aromatic carbocycles. The first-order valence-electron chi connectivity index (χ1n) is 10.4. The van der Waals surface area contributed by atoms with Crippen molar-refractivity contribution in [3.8, 4) is 23.0 Å². The summed E-state index contributed by atoms with van der Waals surface area (Å²) in [6, 6.07) is 9.99. The third-order valence-corrected chi connectivity index (χ3v) is 8.15. The molecule has 0 atom stereocenters. The van der Waals surface area contributed by atoms with Crippen LogP contribution in [-0.2, 0) is 10.8 Å². The number of hydrogen-bond donors (Lipinski definition) is 1. The normalized spacial score (nSPS) is 12.6. The van der Waals surface area contributed by atoms with E-state index >= 15 is 0 Å². The molecule has 0 saturated heterocycles. The molecule has 0 radical (unpaired) electrons. The Balaban J connectivity index is 2.44. The number of phenolic OH excluding ortho intramolecular Hbond substituents is 1. The molecule has 30 heavy (non-hydrogen) atoms. The summed E-state index contributed by atoms with van der Waals surface area (Å²) in [7, 11) is 1.33. The van der Waals surface area contributed by atoms with Crippen molar-refractivity contribution in [2.45, 2.75) is 65.5 Å². The maximum atomic E-state index is 10.9. The van der Waals surface area contributed by atoms with E-state index in [1.54, 1.807) is 14.2 Å². The van der Waals surface area contributed by atoms with Gasteiger partial charge in [-0.15, -0.1) is 0 Å². The average molecular weight is 431 g/mol. The van der Waals surface area contributed by atoms with Gasteiger partial charge in [-0.3, -0.25) is 0 Å². The Morgan fingerprint density at radius 2 is 1.40 bits per heavy atom. The third-order valence-electron chi connectivity index (χ3n) is 5.43. The largest absolute Gasteiger partial charge is 0.507 e. The number of aromatic hydroxyl groups is 1. The lowest BCUT2D eigenvalue weighted by molar-refractivity contribution is 0.355. The van der Waals surface area contributed by atoms with E-state index in [2.05, 4.69) is 60.7 Å². The Labute approximate surface area is 183 Å². The SMILES string of the molecule is COc1cccc([Si](C)(C)COc2cc(C(C)(C)C)c(O)c(C(C)(C)C)c2)c1OC. The van der Waals surface area contributed by atoms with Gasteiger partial charge in [0.05, 0.1) is 20.4 Å². The Bertz CT molecular complexity index is 854. The molecule has 0 fully saturated rings. The summed E-state index contributed by atoms with van der Waals surface area (Å²) in [4.78, 5) is 0. The van der Waals surface area contributed by atoms with Gasteiger partial charge in [-0.1, -0.05) is 66.8 Å². The molecule has 4 nitrogen and oxygen atoms in total. The molecule has 0 amide bonds. The quantitative estimate of drug-likeness (QED) is 0.612. The number of hydrogen-bond acceptors (Lipinski definition) is 4. The first-order valence-corrected chi connectivity index (χ1v) is 13.7. The summed E-state index contributed by atoms with van der Waals surface area (Å²) in [5.41, 5.74) is 1.44. The van der Waals surface area contributed by atoms with E-state index in [-0.39, 0.29) is 10.8 Å². The van der Waals surface area contributed by atoms with Crippen LogP contribution >= 0.6 is 0 Å². The molecule has 0 aliphatic rings. The lowest BCUT2D eigenvalue weighted by Crippen LogP contribution is -2.48. The molecule has 0 aliphatic carbocycles. The molecule has 0 aromatic heterocycles. The second-order valence-electron chi connectivity index (χ2n) is 10.6. The molecular formula is C25H38O4Si. The van der Waals surface area contributed by atoms with Gasteiger partial charge < -0.3 is 19.3 Å².